The van der Waals surface area contributed by atoms with Gasteiger partial charge in [-0.2, -0.15) is 0 Å². The fourth-order valence-corrected chi connectivity index (χ4v) is 3.36. The number of anilines is 1. The van der Waals surface area contributed by atoms with Crippen LogP contribution >= 0.6 is 0 Å². The topological polar surface area (TPSA) is 133 Å². The minimum Gasteiger partial charge on any atom is -0.444 e. The molecule has 0 saturated carbocycles. The van der Waals surface area contributed by atoms with Gasteiger partial charge in [0.15, 0.2) is 0 Å². The maximum absolute atomic E-state index is 13.2. The van der Waals surface area contributed by atoms with Crippen LogP contribution < -0.4 is 4.90 Å². The summed E-state index contributed by atoms with van der Waals surface area (Å²) in [6.07, 6.45) is -3.57. The first-order chi connectivity index (χ1) is 16.4. The van der Waals surface area contributed by atoms with Crippen molar-refractivity contribution in [2.75, 3.05) is 4.90 Å². The van der Waals surface area contributed by atoms with E-state index in [0.29, 0.717) is 4.90 Å². The van der Waals surface area contributed by atoms with Gasteiger partial charge in [0.1, 0.15) is 0 Å². The van der Waals surface area contributed by atoms with Crippen LogP contribution in [0.2, 0.25) is 0 Å². The summed E-state index contributed by atoms with van der Waals surface area (Å²) in [7, 11) is 0. The lowest BCUT2D eigenvalue weighted by atomic mass is 10.2. The predicted molar refractivity (Wildman–Crippen MR) is 117 cm³/mol. The lowest BCUT2D eigenvalue weighted by Gasteiger charge is -2.16. The van der Waals surface area contributed by atoms with E-state index in [0.717, 1.165) is 6.07 Å². The minimum atomic E-state index is -1.79. The monoisotopic (exact) mass is 460 g/mol. The summed E-state index contributed by atoms with van der Waals surface area (Å²) in [5, 5.41) is 11.1. The Hall–Kier alpha value is -4.86. The molecular formula is C24H16N2O8. The molecule has 170 valence electrons. The molecule has 34 heavy (non-hydrogen) atoms. The molecular weight excluding hydrogens is 444 g/mol. The Kier molecular flexibility index (Phi) is 6.13. The number of nitrogens with zero attached hydrogens (tertiary/aromatic N) is 2. The van der Waals surface area contributed by atoms with Gasteiger partial charge in [0, 0.05) is 12.1 Å². The largest absolute Gasteiger partial charge is 0.444 e. The second kappa shape index (κ2) is 9.33. The van der Waals surface area contributed by atoms with Crippen molar-refractivity contribution >= 4 is 35.1 Å². The molecule has 1 aliphatic heterocycles. The molecule has 1 heterocycles. The van der Waals surface area contributed by atoms with Gasteiger partial charge in [0.25, 0.3) is 17.5 Å². The number of rotatable bonds is 6. The standard InChI is InChI=1S/C24H16N2O8/c27-21-19(33-23(29)15-8-3-1-4-9-15)20(34-24(30)16-10-5-2-6-11-16)22(28)25(21)17-12-7-13-18(14-17)26(31)32/h1-14,19-20H/t19-,20-/m1/s1. The highest BCUT2D eigenvalue weighted by Crippen LogP contribution is 2.30. The van der Waals surface area contributed by atoms with E-state index in [4.69, 9.17) is 9.47 Å². The first kappa shape index (κ1) is 22.3. The van der Waals surface area contributed by atoms with E-state index in [2.05, 4.69) is 0 Å². The van der Waals surface area contributed by atoms with Crippen molar-refractivity contribution in [3.05, 3.63) is 106 Å². The molecule has 2 atom stereocenters. The van der Waals surface area contributed by atoms with Crippen LogP contribution in [0, 0.1) is 10.1 Å². The van der Waals surface area contributed by atoms with Crippen LogP contribution in [0.1, 0.15) is 20.7 Å². The molecule has 1 fully saturated rings. The summed E-state index contributed by atoms with van der Waals surface area (Å²) in [4.78, 5) is 62.6. The second-order valence-corrected chi connectivity index (χ2v) is 7.17. The third kappa shape index (κ3) is 4.37. The summed E-state index contributed by atoms with van der Waals surface area (Å²) in [5.41, 5.74) is -0.252. The zero-order valence-corrected chi connectivity index (χ0v) is 17.4. The molecule has 0 radical (unpaired) electrons. The molecule has 0 aliphatic carbocycles. The van der Waals surface area contributed by atoms with Crippen molar-refractivity contribution in [3.63, 3.8) is 0 Å². The average molecular weight is 460 g/mol. The van der Waals surface area contributed by atoms with Gasteiger partial charge >= 0.3 is 11.9 Å². The number of imide groups is 1. The molecule has 2 amide bonds. The van der Waals surface area contributed by atoms with Gasteiger partial charge < -0.3 is 9.47 Å². The highest BCUT2D eigenvalue weighted by atomic mass is 16.6. The SMILES string of the molecule is O=C(O[C@H]1C(=O)N(c2cccc([N+](=O)[O-])c2)C(=O)[C@@H]1OC(=O)c1ccccc1)c1ccccc1. The van der Waals surface area contributed by atoms with Crippen LogP contribution in [-0.4, -0.2) is 40.9 Å². The van der Waals surface area contributed by atoms with Crippen LogP contribution in [0.15, 0.2) is 84.9 Å². The number of carbonyl (C=O) groups excluding carboxylic acids is 4. The van der Waals surface area contributed by atoms with Crippen LogP contribution in [0.4, 0.5) is 11.4 Å². The van der Waals surface area contributed by atoms with Gasteiger partial charge in [0.05, 0.1) is 21.7 Å². The molecule has 4 rings (SSSR count). The van der Waals surface area contributed by atoms with Gasteiger partial charge in [-0.3, -0.25) is 19.7 Å². The lowest BCUT2D eigenvalue weighted by molar-refractivity contribution is -0.384. The molecule has 1 saturated heterocycles. The van der Waals surface area contributed by atoms with Crippen LogP contribution in [0.25, 0.3) is 0 Å². The Morgan fingerprint density at radius 3 is 1.65 bits per heavy atom. The number of benzene rings is 3. The van der Waals surface area contributed by atoms with Crippen LogP contribution in [-0.2, 0) is 19.1 Å². The van der Waals surface area contributed by atoms with Crippen LogP contribution in [0.3, 0.4) is 0 Å². The van der Waals surface area contributed by atoms with E-state index in [1.54, 1.807) is 36.4 Å². The smallest absolute Gasteiger partial charge is 0.339 e. The lowest BCUT2D eigenvalue weighted by Crippen LogP contribution is -2.37. The molecule has 0 unspecified atom stereocenters. The Balaban J connectivity index is 1.68. The van der Waals surface area contributed by atoms with E-state index in [1.807, 2.05) is 0 Å². The summed E-state index contributed by atoms with van der Waals surface area (Å²) in [6.45, 7) is 0. The van der Waals surface area contributed by atoms with Crippen molar-refractivity contribution in [2.24, 2.45) is 0 Å². The van der Waals surface area contributed by atoms with E-state index < -0.39 is 40.9 Å². The Labute approximate surface area is 192 Å². The van der Waals surface area contributed by atoms with Gasteiger partial charge in [-0.15, -0.1) is 0 Å². The Bertz CT molecular complexity index is 1200. The van der Waals surface area contributed by atoms with E-state index in [9.17, 15) is 29.3 Å². The average Bonchev–Trinajstić information content (AvgIpc) is 3.08. The Morgan fingerprint density at radius 2 is 1.21 bits per heavy atom. The third-order valence-corrected chi connectivity index (χ3v) is 4.99. The van der Waals surface area contributed by atoms with Gasteiger partial charge in [-0.25, -0.2) is 14.5 Å². The van der Waals surface area contributed by atoms with E-state index in [1.165, 1.54) is 42.5 Å². The quantitative estimate of drug-likeness (QED) is 0.237. The summed E-state index contributed by atoms with van der Waals surface area (Å²) in [6, 6.07) is 20.3. The number of amides is 2. The van der Waals surface area contributed by atoms with Gasteiger partial charge in [-0.1, -0.05) is 42.5 Å². The van der Waals surface area contributed by atoms with E-state index >= 15 is 0 Å². The van der Waals surface area contributed by atoms with Gasteiger partial charge in [0.2, 0.25) is 12.2 Å². The fraction of sp³-hybridized carbons (Fsp3) is 0.0833. The number of nitro groups is 1. The molecule has 0 spiro atoms. The second-order valence-electron chi connectivity index (χ2n) is 7.17. The number of carbonyl (C=O) groups is 4. The number of nitro benzene ring substituents is 1. The summed E-state index contributed by atoms with van der Waals surface area (Å²) in [5.74, 6) is -3.82. The minimum absolute atomic E-state index is 0.115. The highest BCUT2D eigenvalue weighted by Gasteiger charge is 2.53. The van der Waals surface area contributed by atoms with Crippen molar-refractivity contribution in [1.82, 2.24) is 0 Å². The number of ether oxygens (including phenoxy) is 2. The normalized spacial score (nSPS) is 17.4. The van der Waals surface area contributed by atoms with Crippen molar-refractivity contribution in [1.29, 1.82) is 0 Å². The zero-order valence-electron chi connectivity index (χ0n) is 17.4. The molecule has 0 bridgehead atoms. The zero-order chi connectivity index (χ0) is 24.2. The molecule has 10 nitrogen and oxygen atoms in total. The molecule has 3 aromatic rings. The van der Waals surface area contributed by atoms with Crippen LogP contribution in [0.5, 0.6) is 0 Å². The maximum Gasteiger partial charge on any atom is 0.339 e. The number of esters is 2. The number of hydrogen-bond acceptors (Lipinski definition) is 8. The first-order valence-electron chi connectivity index (χ1n) is 10.0. The van der Waals surface area contributed by atoms with Crippen molar-refractivity contribution in [3.8, 4) is 0 Å². The molecule has 10 heteroatoms. The summed E-state index contributed by atoms with van der Waals surface area (Å²) >= 11 is 0. The molecule has 0 aromatic heterocycles. The molecule has 0 N–H and O–H groups in total. The van der Waals surface area contributed by atoms with Crippen molar-refractivity contribution < 1.29 is 33.6 Å². The van der Waals surface area contributed by atoms with Crippen molar-refractivity contribution in [2.45, 2.75) is 12.2 Å². The highest BCUT2D eigenvalue weighted by molar-refractivity contribution is 6.25. The fourth-order valence-electron chi connectivity index (χ4n) is 3.36. The van der Waals surface area contributed by atoms with E-state index in [-0.39, 0.29) is 22.5 Å². The third-order valence-electron chi connectivity index (χ3n) is 4.99. The number of hydrogen-bond donors (Lipinski definition) is 0. The Morgan fingerprint density at radius 1 is 0.735 bits per heavy atom. The van der Waals surface area contributed by atoms with Gasteiger partial charge in [-0.05, 0) is 30.3 Å². The predicted octanol–water partition coefficient (Wildman–Crippen LogP) is 2.92. The molecule has 1 aliphatic rings. The summed E-state index contributed by atoms with van der Waals surface area (Å²) < 4.78 is 10.6. The molecule has 3 aromatic carbocycles. The first-order valence-corrected chi connectivity index (χ1v) is 10.0. The number of non-ortho nitro benzene ring substituents is 1. The maximum atomic E-state index is 13.2.